The summed E-state index contributed by atoms with van der Waals surface area (Å²) in [5, 5.41) is 11.7. The zero-order chi connectivity index (χ0) is 12.0. The van der Waals surface area contributed by atoms with Crippen molar-refractivity contribution in [3.63, 3.8) is 0 Å². The average Bonchev–Trinajstić information content (AvgIpc) is 2.35. The molecule has 0 saturated carbocycles. The number of amides is 1. The molecule has 1 rings (SSSR count). The zero-order valence-corrected chi connectivity index (χ0v) is 10.4. The van der Waals surface area contributed by atoms with Gasteiger partial charge in [-0.15, -0.1) is 11.8 Å². The van der Waals surface area contributed by atoms with Crippen molar-refractivity contribution in [1.82, 2.24) is 5.32 Å². The highest BCUT2D eigenvalue weighted by molar-refractivity contribution is 7.98. The molecular formula is C12H17NO2S. The van der Waals surface area contributed by atoms with E-state index in [1.54, 1.807) is 11.8 Å². The number of hydrogen-bond acceptors (Lipinski definition) is 3. The number of carbonyl (C=O) groups is 1. The lowest BCUT2D eigenvalue weighted by Crippen LogP contribution is -2.29. The van der Waals surface area contributed by atoms with Crippen molar-refractivity contribution < 1.29 is 9.90 Å². The predicted molar refractivity (Wildman–Crippen MR) is 66.8 cm³/mol. The second-order valence-electron chi connectivity index (χ2n) is 3.70. The van der Waals surface area contributed by atoms with Crippen LogP contribution in [0.15, 0.2) is 29.2 Å². The SMILES string of the molecule is CSc1ccccc1C(=O)NCC(C)CO. The van der Waals surface area contributed by atoms with Gasteiger partial charge in [-0.3, -0.25) is 4.79 Å². The van der Waals surface area contributed by atoms with E-state index in [4.69, 9.17) is 5.11 Å². The lowest BCUT2D eigenvalue weighted by Gasteiger charge is -2.11. The number of thioether (sulfide) groups is 1. The lowest BCUT2D eigenvalue weighted by atomic mass is 10.1. The minimum absolute atomic E-state index is 0.0785. The maximum Gasteiger partial charge on any atom is 0.252 e. The van der Waals surface area contributed by atoms with E-state index in [2.05, 4.69) is 5.32 Å². The van der Waals surface area contributed by atoms with Crippen LogP contribution in [0.25, 0.3) is 0 Å². The van der Waals surface area contributed by atoms with E-state index in [1.807, 2.05) is 37.4 Å². The van der Waals surface area contributed by atoms with Gasteiger partial charge in [0.25, 0.3) is 5.91 Å². The minimum Gasteiger partial charge on any atom is -0.396 e. The second-order valence-corrected chi connectivity index (χ2v) is 4.55. The Morgan fingerprint density at radius 3 is 2.81 bits per heavy atom. The summed E-state index contributed by atoms with van der Waals surface area (Å²) < 4.78 is 0. The number of aliphatic hydroxyl groups excluding tert-OH is 1. The average molecular weight is 239 g/mol. The van der Waals surface area contributed by atoms with Crippen LogP contribution < -0.4 is 5.32 Å². The van der Waals surface area contributed by atoms with Gasteiger partial charge in [0, 0.05) is 18.0 Å². The number of aliphatic hydroxyl groups is 1. The first kappa shape index (κ1) is 13.1. The van der Waals surface area contributed by atoms with Crippen molar-refractivity contribution in [2.24, 2.45) is 5.92 Å². The van der Waals surface area contributed by atoms with Crippen molar-refractivity contribution >= 4 is 17.7 Å². The number of rotatable bonds is 5. The fourth-order valence-corrected chi connectivity index (χ4v) is 1.85. The van der Waals surface area contributed by atoms with Gasteiger partial charge in [0.1, 0.15) is 0 Å². The molecule has 0 spiro atoms. The van der Waals surface area contributed by atoms with Crippen LogP contribution in [0.2, 0.25) is 0 Å². The van der Waals surface area contributed by atoms with E-state index < -0.39 is 0 Å². The van der Waals surface area contributed by atoms with E-state index >= 15 is 0 Å². The Morgan fingerprint density at radius 2 is 2.19 bits per heavy atom. The summed E-state index contributed by atoms with van der Waals surface area (Å²) in [6.07, 6.45) is 1.95. The maximum absolute atomic E-state index is 11.8. The van der Waals surface area contributed by atoms with Crippen LogP contribution in [-0.4, -0.2) is 30.4 Å². The molecule has 1 unspecified atom stereocenters. The van der Waals surface area contributed by atoms with Gasteiger partial charge in [-0.25, -0.2) is 0 Å². The predicted octanol–water partition coefficient (Wildman–Crippen LogP) is 1.77. The highest BCUT2D eigenvalue weighted by Crippen LogP contribution is 2.19. The van der Waals surface area contributed by atoms with Crippen LogP contribution in [0.5, 0.6) is 0 Å². The Kier molecular flexibility index (Phi) is 5.35. The number of benzene rings is 1. The van der Waals surface area contributed by atoms with E-state index in [0.29, 0.717) is 12.1 Å². The highest BCUT2D eigenvalue weighted by Gasteiger charge is 2.10. The Labute approximate surface area is 100 Å². The quantitative estimate of drug-likeness (QED) is 0.770. The Balaban J connectivity index is 2.65. The first-order chi connectivity index (χ1) is 7.69. The minimum atomic E-state index is -0.0785. The molecule has 0 aliphatic heterocycles. The molecule has 0 aliphatic rings. The summed E-state index contributed by atoms with van der Waals surface area (Å²) in [7, 11) is 0. The molecule has 0 bridgehead atoms. The molecule has 3 nitrogen and oxygen atoms in total. The van der Waals surface area contributed by atoms with E-state index in [1.165, 1.54) is 0 Å². The molecule has 1 amide bonds. The third-order valence-electron chi connectivity index (χ3n) is 2.27. The van der Waals surface area contributed by atoms with Gasteiger partial charge in [-0.1, -0.05) is 19.1 Å². The normalized spacial score (nSPS) is 12.2. The van der Waals surface area contributed by atoms with Crippen LogP contribution >= 0.6 is 11.8 Å². The molecule has 4 heteroatoms. The highest BCUT2D eigenvalue weighted by atomic mass is 32.2. The molecule has 16 heavy (non-hydrogen) atoms. The van der Waals surface area contributed by atoms with Gasteiger partial charge in [0.05, 0.1) is 5.56 Å². The zero-order valence-electron chi connectivity index (χ0n) is 9.56. The Hall–Kier alpha value is -1.00. The molecule has 0 fully saturated rings. The van der Waals surface area contributed by atoms with Gasteiger partial charge in [-0.2, -0.15) is 0 Å². The number of carbonyl (C=O) groups excluding carboxylic acids is 1. The molecule has 0 heterocycles. The first-order valence-electron chi connectivity index (χ1n) is 5.21. The topological polar surface area (TPSA) is 49.3 Å². The van der Waals surface area contributed by atoms with E-state index in [9.17, 15) is 4.79 Å². The number of nitrogens with one attached hydrogen (secondary N) is 1. The van der Waals surface area contributed by atoms with Crippen LogP contribution in [0.4, 0.5) is 0 Å². The summed E-state index contributed by atoms with van der Waals surface area (Å²) in [6, 6.07) is 7.50. The Morgan fingerprint density at radius 1 is 1.50 bits per heavy atom. The molecule has 1 aromatic rings. The molecule has 0 saturated heterocycles. The lowest BCUT2D eigenvalue weighted by molar-refractivity contribution is 0.0939. The fraction of sp³-hybridized carbons (Fsp3) is 0.417. The second kappa shape index (κ2) is 6.55. The van der Waals surface area contributed by atoms with Gasteiger partial charge in [-0.05, 0) is 24.3 Å². The van der Waals surface area contributed by atoms with Crippen LogP contribution in [-0.2, 0) is 0 Å². The summed E-state index contributed by atoms with van der Waals surface area (Å²) in [6.45, 7) is 2.48. The molecule has 1 atom stereocenters. The molecule has 1 aromatic carbocycles. The van der Waals surface area contributed by atoms with Crippen molar-refractivity contribution in [1.29, 1.82) is 0 Å². The van der Waals surface area contributed by atoms with Crippen molar-refractivity contribution in [3.8, 4) is 0 Å². The van der Waals surface area contributed by atoms with Gasteiger partial charge in [0.15, 0.2) is 0 Å². The van der Waals surface area contributed by atoms with Crippen molar-refractivity contribution in [3.05, 3.63) is 29.8 Å². The standard InChI is InChI=1S/C12H17NO2S/c1-9(8-14)7-13-12(15)10-5-3-4-6-11(10)16-2/h3-6,9,14H,7-8H2,1-2H3,(H,13,15). The fourth-order valence-electron chi connectivity index (χ4n) is 1.26. The van der Waals surface area contributed by atoms with Crippen LogP contribution in [0, 0.1) is 5.92 Å². The smallest absolute Gasteiger partial charge is 0.252 e. The van der Waals surface area contributed by atoms with E-state index in [0.717, 1.165) is 4.90 Å². The first-order valence-corrected chi connectivity index (χ1v) is 6.43. The molecule has 0 aliphatic carbocycles. The summed E-state index contributed by atoms with van der Waals surface area (Å²) in [4.78, 5) is 12.8. The van der Waals surface area contributed by atoms with Crippen molar-refractivity contribution in [2.45, 2.75) is 11.8 Å². The summed E-state index contributed by atoms with van der Waals surface area (Å²) in [5.74, 6) is 0.00985. The largest absolute Gasteiger partial charge is 0.396 e. The van der Waals surface area contributed by atoms with Crippen LogP contribution in [0.1, 0.15) is 17.3 Å². The molecular weight excluding hydrogens is 222 g/mol. The molecule has 2 N–H and O–H groups in total. The van der Waals surface area contributed by atoms with Gasteiger partial charge >= 0.3 is 0 Å². The molecule has 0 radical (unpaired) electrons. The van der Waals surface area contributed by atoms with Gasteiger partial charge < -0.3 is 10.4 Å². The number of hydrogen-bond donors (Lipinski definition) is 2. The maximum atomic E-state index is 11.8. The van der Waals surface area contributed by atoms with Crippen LogP contribution in [0.3, 0.4) is 0 Å². The molecule has 0 aromatic heterocycles. The third kappa shape index (κ3) is 3.54. The monoisotopic (exact) mass is 239 g/mol. The van der Waals surface area contributed by atoms with E-state index in [-0.39, 0.29) is 18.4 Å². The molecule has 88 valence electrons. The summed E-state index contributed by atoms with van der Waals surface area (Å²) in [5.41, 5.74) is 0.695. The van der Waals surface area contributed by atoms with Gasteiger partial charge in [0.2, 0.25) is 0 Å². The Bertz CT molecular complexity index is 355. The third-order valence-corrected chi connectivity index (χ3v) is 3.07. The van der Waals surface area contributed by atoms with Crippen molar-refractivity contribution in [2.75, 3.05) is 19.4 Å². The summed E-state index contributed by atoms with van der Waals surface area (Å²) >= 11 is 1.55.